The third-order valence-corrected chi connectivity index (χ3v) is 5.21. The number of nitrogens with one attached hydrogen (secondary N) is 2. The molecule has 0 radical (unpaired) electrons. The van der Waals surface area contributed by atoms with Gasteiger partial charge in [0.15, 0.2) is 0 Å². The highest BCUT2D eigenvalue weighted by atomic mass is 35.5. The van der Waals surface area contributed by atoms with Crippen molar-refractivity contribution in [2.24, 2.45) is 5.92 Å². The van der Waals surface area contributed by atoms with Gasteiger partial charge in [0.1, 0.15) is 24.3 Å². The molecule has 1 aliphatic rings. The number of rotatable bonds is 9. The molecule has 1 heterocycles. The summed E-state index contributed by atoms with van der Waals surface area (Å²) in [4.78, 5) is 11.3. The number of nitrogens with zero attached hydrogens (tertiary/aromatic N) is 1. The molecule has 2 aromatic rings. The van der Waals surface area contributed by atoms with Crippen LogP contribution in [0.5, 0.6) is 5.75 Å². The zero-order valence-electron chi connectivity index (χ0n) is 16.9. The number of aliphatic hydroxyl groups is 1. The van der Waals surface area contributed by atoms with Gasteiger partial charge in [-0.2, -0.15) is 0 Å². The van der Waals surface area contributed by atoms with Gasteiger partial charge >= 0.3 is 0 Å². The highest BCUT2D eigenvalue weighted by Crippen LogP contribution is 2.25. The van der Waals surface area contributed by atoms with Crippen LogP contribution in [0.3, 0.4) is 0 Å². The molecule has 1 fully saturated rings. The molecule has 162 valence electrons. The predicted octanol–water partition coefficient (Wildman–Crippen LogP) is 3.25. The summed E-state index contributed by atoms with van der Waals surface area (Å²) in [6, 6.07) is 11.8. The number of halogens is 2. The van der Waals surface area contributed by atoms with E-state index in [2.05, 4.69) is 27.9 Å². The Labute approximate surface area is 180 Å². The summed E-state index contributed by atoms with van der Waals surface area (Å²) in [6.07, 6.45) is 1.28. The van der Waals surface area contributed by atoms with E-state index in [0.29, 0.717) is 18.2 Å². The van der Waals surface area contributed by atoms with Gasteiger partial charge in [-0.15, -0.1) is 0 Å². The number of hydrogen-bond donors (Lipinski definition) is 3. The van der Waals surface area contributed by atoms with Crippen molar-refractivity contribution in [1.29, 1.82) is 0 Å². The summed E-state index contributed by atoms with van der Waals surface area (Å²) in [5, 5.41) is 15.7. The summed E-state index contributed by atoms with van der Waals surface area (Å²) in [7, 11) is 0. The normalized spacial score (nSPS) is 17.7. The summed E-state index contributed by atoms with van der Waals surface area (Å²) in [5.41, 5.74) is 4.88. The fourth-order valence-corrected chi connectivity index (χ4v) is 3.61. The minimum atomic E-state index is -0.784. The SMILES string of the molecule is CC(=O)Nc1ccc(F)cc1OC[C@@H](O)CNN1CC[C@H](Cc2ccc(Cl)cc2)C1. The summed E-state index contributed by atoms with van der Waals surface area (Å²) in [5.74, 6) is -0.0283. The van der Waals surface area contributed by atoms with Crippen LogP contribution in [0.25, 0.3) is 0 Å². The Hall–Kier alpha value is -2.19. The monoisotopic (exact) mass is 435 g/mol. The fourth-order valence-electron chi connectivity index (χ4n) is 3.48. The van der Waals surface area contributed by atoms with Crippen molar-refractivity contribution in [3.8, 4) is 5.75 Å². The average molecular weight is 436 g/mol. The lowest BCUT2D eigenvalue weighted by molar-refractivity contribution is -0.114. The fraction of sp³-hybridized carbons (Fsp3) is 0.409. The van der Waals surface area contributed by atoms with E-state index in [-0.39, 0.29) is 18.3 Å². The molecule has 30 heavy (non-hydrogen) atoms. The van der Waals surface area contributed by atoms with Crippen LogP contribution in [0, 0.1) is 11.7 Å². The number of ether oxygens (including phenoxy) is 1. The molecule has 6 nitrogen and oxygen atoms in total. The van der Waals surface area contributed by atoms with Crippen LogP contribution in [-0.2, 0) is 11.2 Å². The second-order valence-electron chi connectivity index (χ2n) is 7.58. The molecular formula is C22H27ClFN3O3. The van der Waals surface area contributed by atoms with E-state index < -0.39 is 11.9 Å². The molecule has 0 saturated carbocycles. The number of anilines is 1. The molecule has 1 amide bonds. The number of aliphatic hydroxyl groups excluding tert-OH is 1. The van der Waals surface area contributed by atoms with E-state index in [4.69, 9.17) is 16.3 Å². The Morgan fingerprint density at radius 1 is 1.33 bits per heavy atom. The number of hydrogen-bond acceptors (Lipinski definition) is 5. The maximum absolute atomic E-state index is 13.5. The average Bonchev–Trinajstić information content (AvgIpc) is 3.15. The van der Waals surface area contributed by atoms with Crippen LogP contribution >= 0.6 is 11.6 Å². The quantitative estimate of drug-likeness (QED) is 0.564. The second-order valence-corrected chi connectivity index (χ2v) is 8.02. The first-order chi connectivity index (χ1) is 14.4. The van der Waals surface area contributed by atoms with Crippen molar-refractivity contribution >= 4 is 23.2 Å². The summed E-state index contributed by atoms with van der Waals surface area (Å²) >= 11 is 5.94. The van der Waals surface area contributed by atoms with Crippen LogP contribution < -0.4 is 15.5 Å². The molecule has 2 atom stereocenters. The third kappa shape index (κ3) is 6.95. The van der Waals surface area contributed by atoms with Crippen LogP contribution in [0.15, 0.2) is 42.5 Å². The molecular weight excluding hydrogens is 409 g/mol. The summed E-state index contributed by atoms with van der Waals surface area (Å²) in [6.45, 7) is 3.46. The van der Waals surface area contributed by atoms with Gasteiger partial charge in [-0.3, -0.25) is 10.2 Å². The first-order valence-electron chi connectivity index (χ1n) is 10.00. The summed E-state index contributed by atoms with van der Waals surface area (Å²) < 4.78 is 19.0. The predicted molar refractivity (Wildman–Crippen MR) is 115 cm³/mol. The Balaban J connectivity index is 1.41. The smallest absolute Gasteiger partial charge is 0.221 e. The largest absolute Gasteiger partial charge is 0.489 e. The molecule has 8 heteroatoms. The molecule has 0 bridgehead atoms. The van der Waals surface area contributed by atoms with Crippen molar-refractivity contribution in [3.05, 3.63) is 58.9 Å². The second kappa shape index (κ2) is 10.7. The van der Waals surface area contributed by atoms with Crippen LogP contribution in [0.4, 0.5) is 10.1 Å². The number of carbonyl (C=O) groups is 1. The van der Waals surface area contributed by atoms with E-state index in [1.165, 1.54) is 30.7 Å². The molecule has 3 rings (SSSR count). The highest BCUT2D eigenvalue weighted by Gasteiger charge is 2.23. The molecule has 0 aliphatic carbocycles. The zero-order valence-corrected chi connectivity index (χ0v) is 17.7. The van der Waals surface area contributed by atoms with E-state index >= 15 is 0 Å². The molecule has 1 saturated heterocycles. The zero-order chi connectivity index (χ0) is 21.5. The number of hydrazine groups is 1. The topological polar surface area (TPSA) is 73.8 Å². The Morgan fingerprint density at radius 3 is 2.83 bits per heavy atom. The molecule has 0 spiro atoms. The van der Waals surface area contributed by atoms with Gasteiger partial charge < -0.3 is 15.2 Å². The minimum absolute atomic E-state index is 0.0227. The van der Waals surface area contributed by atoms with E-state index in [1.807, 2.05) is 12.1 Å². The molecule has 2 aromatic carbocycles. The Kier molecular flexibility index (Phi) is 8.04. The lowest BCUT2D eigenvalue weighted by Gasteiger charge is -2.21. The van der Waals surface area contributed by atoms with E-state index in [0.717, 1.165) is 31.0 Å². The number of carbonyl (C=O) groups excluding carboxylic acids is 1. The molecule has 0 unspecified atom stereocenters. The first kappa shape index (κ1) is 22.5. The van der Waals surface area contributed by atoms with Crippen molar-refractivity contribution < 1.29 is 19.0 Å². The molecule has 1 aliphatic heterocycles. The van der Waals surface area contributed by atoms with Crippen LogP contribution in [-0.4, -0.2) is 48.4 Å². The van der Waals surface area contributed by atoms with Crippen LogP contribution in [0.1, 0.15) is 18.9 Å². The maximum Gasteiger partial charge on any atom is 0.221 e. The van der Waals surface area contributed by atoms with Crippen molar-refractivity contribution in [2.75, 3.05) is 31.6 Å². The maximum atomic E-state index is 13.5. The van der Waals surface area contributed by atoms with Crippen molar-refractivity contribution in [1.82, 2.24) is 10.4 Å². The Bertz CT molecular complexity index is 850. The van der Waals surface area contributed by atoms with Gasteiger partial charge in [0.25, 0.3) is 0 Å². The standard InChI is InChI=1S/C22H27ClFN3O3/c1-15(28)26-21-7-6-19(24)11-22(21)30-14-20(29)12-25-27-9-8-17(13-27)10-16-2-4-18(23)5-3-16/h2-7,11,17,20,25,29H,8-10,12-14H2,1H3,(H,26,28)/t17-,20+/m1/s1. The lowest BCUT2D eigenvalue weighted by Crippen LogP contribution is -2.42. The third-order valence-electron chi connectivity index (χ3n) is 4.96. The van der Waals surface area contributed by atoms with Gasteiger partial charge in [0.2, 0.25) is 5.91 Å². The van der Waals surface area contributed by atoms with E-state index in [9.17, 15) is 14.3 Å². The van der Waals surface area contributed by atoms with E-state index in [1.54, 1.807) is 0 Å². The first-order valence-corrected chi connectivity index (χ1v) is 10.4. The van der Waals surface area contributed by atoms with Crippen molar-refractivity contribution in [2.45, 2.75) is 25.9 Å². The van der Waals surface area contributed by atoms with Crippen LogP contribution in [0.2, 0.25) is 5.02 Å². The van der Waals surface area contributed by atoms with Gasteiger partial charge in [-0.05, 0) is 48.6 Å². The highest BCUT2D eigenvalue weighted by molar-refractivity contribution is 6.30. The number of amides is 1. The number of benzene rings is 2. The minimum Gasteiger partial charge on any atom is -0.489 e. The molecule has 0 aromatic heterocycles. The lowest BCUT2D eigenvalue weighted by atomic mass is 9.99. The van der Waals surface area contributed by atoms with Gasteiger partial charge in [0.05, 0.1) is 5.69 Å². The molecule has 3 N–H and O–H groups in total. The van der Waals surface area contributed by atoms with Crippen molar-refractivity contribution in [3.63, 3.8) is 0 Å². The van der Waals surface area contributed by atoms with Gasteiger partial charge in [0, 0.05) is 37.6 Å². The van der Waals surface area contributed by atoms with Gasteiger partial charge in [-0.1, -0.05) is 23.7 Å². The van der Waals surface area contributed by atoms with Gasteiger partial charge in [-0.25, -0.2) is 9.40 Å². The Morgan fingerprint density at radius 2 is 2.10 bits per heavy atom.